The SMILES string of the molecule is CC(=O)ON1C(=O)NC(C)(C)C1=O. The molecule has 0 aromatic heterocycles. The lowest BCUT2D eigenvalue weighted by Gasteiger charge is -2.13. The van der Waals surface area contributed by atoms with Crippen LogP contribution >= 0.6 is 0 Å². The van der Waals surface area contributed by atoms with Gasteiger partial charge in [0.15, 0.2) is 0 Å². The Kier molecular flexibility index (Phi) is 1.99. The van der Waals surface area contributed by atoms with E-state index < -0.39 is 23.4 Å². The van der Waals surface area contributed by atoms with Crippen LogP contribution in [0.1, 0.15) is 20.8 Å². The van der Waals surface area contributed by atoms with Crippen molar-refractivity contribution in [1.82, 2.24) is 10.4 Å². The Balaban J connectivity index is 2.83. The van der Waals surface area contributed by atoms with Crippen LogP contribution in [0.5, 0.6) is 0 Å². The van der Waals surface area contributed by atoms with Crippen molar-refractivity contribution in [3.8, 4) is 0 Å². The number of hydrogen-bond acceptors (Lipinski definition) is 4. The maximum atomic E-state index is 11.3. The van der Waals surface area contributed by atoms with Gasteiger partial charge in [-0.1, -0.05) is 5.06 Å². The maximum Gasteiger partial charge on any atom is 0.359 e. The minimum absolute atomic E-state index is 0.433. The highest BCUT2D eigenvalue weighted by molar-refractivity contribution is 6.06. The fourth-order valence-electron chi connectivity index (χ4n) is 0.929. The zero-order valence-corrected chi connectivity index (χ0v) is 7.58. The molecule has 1 fully saturated rings. The summed E-state index contributed by atoms with van der Waals surface area (Å²) in [7, 11) is 0. The van der Waals surface area contributed by atoms with Gasteiger partial charge in [0.2, 0.25) is 0 Å². The summed E-state index contributed by atoms with van der Waals surface area (Å²) >= 11 is 0. The summed E-state index contributed by atoms with van der Waals surface area (Å²) in [6, 6.07) is -0.717. The molecule has 1 aliphatic rings. The maximum absolute atomic E-state index is 11.3. The van der Waals surface area contributed by atoms with Gasteiger partial charge in [-0.15, -0.1) is 0 Å². The fraction of sp³-hybridized carbons (Fsp3) is 0.571. The summed E-state index contributed by atoms with van der Waals surface area (Å²) in [5, 5.41) is 2.79. The molecule has 0 aliphatic carbocycles. The molecule has 0 saturated carbocycles. The molecule has 0 aromatic carbocycles. The van der Waals surface area contributed by atoms with Crippen molar-refractivity contribution >= 4 is 17.9 Å². The molecular formula is C7H10N2O4. The number of hydroxylamine groups is 2. The summed E-state index contributed by atoms with van der Waals surface area (Å²) in [4.78, 5) is 37.3. The molecule has 6 heteroatoms. The molecule has 3 amide bonds. The minimum atomic E-state index is -1.01. The van der Waals surface area contributed by atoms with Crippen LogP contribution in [-0.2, 0) is 14.4 Å². The van der Waals surface area contributed by atoms with E-state index in [4.69, 9.17) is 0 Å². The van der Waals surface area contributed by atoms with Crippen LogP contribution in [0.4, 0.5) is 4.79 Å². The van der Waals surface area contributed by atoms with Crippen LogP contribution in [0.25, 0.3) is 0 Å². The first-order valence-corrected chi connectivity index (χ1v) is 3.70. The van der Waals surface area contributed by atoms with Crippen molar-refractivity contribution in [2.75, 3.05) is 0 Å². The van der Waals surface area contributed by atoms with Crippen molar-refractivity contribution in [1.29, 1.82) is 0 Å². The van der Waals surface area contributed by atoms with Crippen molar-refractivity contribution < 1.29 is 19.2 Å². The highest BCUT2D eigenvalue weighted by Gasteiger charge is 2.46. The van der Waals surface area contributed by atoms with E-state index in [2.05, 4.69) is 10.2 Å². The summed E-state index contributed by atoms with van der Waals surface area (Å²) in [5.41, 5.74) is -1.01. The van der Waals surface area contributed by atoms with Crippen LogP contribution < -0.4 is 5.32 Å². The van der Waals surface area contributed by atoms with E-state index in [9.17, 15) is 14.4 Å². The minimum Gasteiger partial charge on any atom is -0.329 e. The fourth-order valence-corrected chi connectivity index (χ4v) is 0.929. The summed E-state index contributed by atoms with van der Waals surface area (Å²) in [6.07, 6.45) is 0. The van der Waals surface area contributed by atoms with Crippen LogP contribution in [0.15, 0.2) is 0 Å². The second-order valence-electron chi connectivity index (χ2n) is 3.24. The van der Waals surface area contributed by atoms with Crippen LogP contribution in [-0.4, -0.2) is 28.5 Å². The molecule has 13 heavy (non-hydrogen) atoms. The van der Waals surface area contributed by atoms with Gasteiger partial charge in [-0.3, -0.25) is 4.79 Å². The normalized spacial score (nSPS) is 20.1. The Morgan fingerprint density at radius 2 is 2.00 bits per heavy atom. The second-order valence-corrected chi connectivity index (χ2v) is 3.24. The molecule has 1 aliphatic heterocycles. The lowest BCUT2D eigenvalue weighted by molar-refractivity contribution is -0.181. The Bertz CT molecular complexity index is 284. The zero-order chi connectivity index (χ0) is 10.2. The molecular weight excluding hydrogens is 176 g/mol. The molecule has 0 unspecified atom stereocenters. The van der Waals surface area contributed by atoms with Gasteiger partial charge in [0.1, 0.15) is 5.54 Å². The molecule has 1 rings (SSSR count). The zero-order valence-electron chi connectivity index (χ0n) is 7.58. The van der Waals surface area contributed by atoms with Gasteiger partial charge in [0.05, 0.1) is 0 Å². The van der Waals surface area contributed by atoms with E-state index in [0.29, 0.717) is 5.06 Å². The van der Waals surface area contributed by atoms with E-state index >= 15 is 0 Å². The van der Waals surface area contributed by atoms with Gasteiger partial charge in [-0.05, 0) is 13.8 Å². The van der Waals surface area contributed by atoms with Gasteiger partial charge >= 0.3 is 12.0 Å². The van der Waals surface area contributed by atoms with Gasteiger partial charge in [-0.25, -0.2) is 9.59 Å². The van der Waals surface area contributed by atoms with Gasteiger partial charge in [0, 0.05) is 6.92 Å². The number of urea groups is 1. The third kappa shape index (κ3) is 1.61. The number of imide groups is 1. The monoisotopic (exact) mass is 186 g/mol. The smallest absolute Gasteiger partial charge is 0.329 e. The van der Waals surface area contributed by atoms with Crippen LogP contribution in [0, 0.1) is 0 Å². The number of nitrogens with zero attached hydrogens (tertiary/aromatic N) is 1. The Hall–Kier alpha value is -1.59. The van der Waals surface area contributed by atoms with E-state index in [1.807, 2.05) is 0 Å². The first kappa shape index (κ1) is 9.50. The van der Waals surface area contributed by atoms with Crippen LogP contribution in [0.3, 0.4) is 0 Å². The molecule has 72 valence electrons. The number of carbonyl (C=O) groups is 3. The quantitative estimate of drug-likeness (QED) is 0.575. The van der Waals surface area contributed by atoms with E-state index in [1.54, 1.807) is 0 Å². The summed E-state index contributed by atoms with van der Waals surface area (Å²) < 4.78 is 0. The molecule has 0 atom stereocenters. The molecule has 1 heterocycles. The molecule has 1 N–H and O–H groups in total. The Labute approximate surface area is 74.8 Å². The molecule has 0 bridgehead atoms. The number of rotatable bonds is 1. The average Bonchev–Trinajstić information content (AvgIpc) is 2.12. The lowest BCUT2D eigenvalue weighted by atomic mass is 10.1. The lowest BCUT2D eigenvalue weighted by Crippen LogP contribution is -2.40. The highest BCUT2D eigenvalue weighted by Crippen LogP contribution is 2.16. The largest absolute Gasteiger partial charge is 0.359 e. The topological polar surface area (TPSA) is 75.7 Å². The third-order valence-electron chi connectivity index (χ3n) is 1.54. The first-order chi connectivity index (χ1) is 5.84. The molecule has 0 spiro atoms. The van der Waals surface area contributed by atoms with E-state index in [-0.39, 0.29) is 0 Å². The van der Waals surface area contributed by atoms with Gasteiger partial charge in [-0.2, -0.15) is 0 Å². The third-order valence-corrected chi connectivity index (χ3v) is 1.54. The van der Waals surface area contributed by atoms with Crippen LogP contribution in [0.2, 0.25) is 0 Å². The molecule has 0 aromatic rings. The average molecular weight is 186 g/mol. The van der Waals surface area contributed by atoms with Crippen molar-refractivity contribution in [2.45, 2.75) is 26.3 Å². The predicted octanol–water partition coefficient (Wildman–Crippen LogP) is -0.205. The Morgan fingerprint density at radius 3 is 2.31 bits per heavy atom. The number of carbonyl (C=O) groups excluding carboxylic acids is 3. The number of amides is 3. The molecule has 1 saturated heterocycles. The second kappa shape index (κ2) is 2.72. The van der Waals surface area contributed by atoms with Gasteiger partial charge in [0.25, 0.3) is 5.91 Å². The van der Waals surface area contributed by atoms with Crippen molar-refractivity contribution in [3.63, 3.8) is 0 Å². The van der Waals surface area contributed by atoms with E-state index in [0.717, 1.165) is 6.92 Å². The number of hydrogen-bond donors (Lipinski definition) is 1. The molecule has 0 radical (unpaired) electrons. The van der Waals surface area contributed by atoms with Gasteiger partial charge < -0.3 is 10.2 Å². The highest BCUT2D eigenvalue weighted by atomic mass is 16.7. The predicted molar refractivity (Wildman–Crippen MR) is 41.2 cm³/mol. The number of nitrogens with one attached hydrogen (secondary N) is 1. The molecule has 6 nitrogen and oxygen atoms in total. The first-order valence-electron chi connectivity index (χ1n) is 3.70. The Morgan fingerprint density at radius 1 is 1.46 bits per heavy atom. The van der Waals surface area contributed by atoms with E-state index in [1.165, 1.54) is 13.8 Å². The summed E-state index contributed by atoms with van der Waals surface area (Å²) in [5.74, 6) is -1.28. The standard InChI is InChI=1S/C7H10N2O4/c1-4(10)13-9-5(11)7(2,3)8-6(9)12/h1-3H3,(H,8,12). The van der Waals surface area contributed by atoms with Crippen molar-refractivity contribution in [2.24, 2.45) is 0 Å². The van der Waals surface area contributed by atoms with Crippen molar-refractivity contribution in [3.05, 3.63) is 0 Å². The summed E-state index contributed by atoms with van der Waals surface area (Å²) in [6.45, 7) is 4.17.